The van der Waals surface area contributed by atoms with Crippen molar-refractivity contribution in [2.75, 3.05) is 26.4 Å². The predicted molar refractivity (Wildman–Crippen MR) is 383 cm³/mol. The molecule has 0 aliphatic carbocycles. The average molecular weight is 1380 g/mol. The monoisotopic (exact) mass is 1380 g/mol. The molecule has 1 amide bonds. The lowest BCUT2D eigenvalue weighted by molar-refractivity contribution is -0.379. The maximum atomic E-state index is 13.5. The third kappa shape index (κ3) is 39.8. The molecule has 3 heterocycles. The van der Waals surface area contributed by atoms with Crippen molar-refractivity contribution in [3.8, 4) is 0 Å². The van der Waals surface area contributed by atoms with Crippen LogP contribution in [-0.2, 0) is 33.2 Å². The van der Waals surface area contributed by atoms with E-state index in [9.17, 15) is 61.0 Å². The number of aliphatic hydroxyl groups is 11. The van der Waals surface area contributed by atoms with Crippen molar-refractivity contribution < 1.29 is 89.4 Å². The summed E-state index contributed by atoms with van der Waals surface area (Å²) >= 11 is 0. The molecule has 17 atom stereocenters. The number of rotatable bonds is 62. The van der Waals surface area contributed by atoms with Gasteiger partial charge in [-0.25, -0.2) is 0 Å². The van der Waals surface area contributed by atoms with Crippen LogP contribution in [0.2, 0.25) is 0 Å². The van der Waals surface area contributed by atoms with Gasteiger partial charge < -0.3 is 89.9 Å². The summed E-state index contributed by atoms with van der Waals surface area (Å²) in [5.41, 5.74) is 0. The largest absolute Gasteiger partial charge is 0.394 e. The summed E-state index contributed by atoms with van der Waals surface area (Å²) in [5.74, 6) is -0.273. The van der Waals surface area contributed by atoms with Crippen molar-refractivity contribution >= 4 is 5.91 Å². The number of aliphatic hydroxyl groups excluding tert-OH is 11. The van der Waals surface area contributed by atoms with Crippen LogP contribution in [0.5, 0.6) is 0 Å². The minimum absolute atomic E-state index is 0.243. The molecular weight excluding hydrogens is 1240 g/mol. The lowest BCUT2D eigenvalue weighted by Crippen LogP contribution is -2.66. The molecule has 0 spiro atoms. The number of hydrogen-bond donors (Lipinski definition) is 12. The maximum Gasteiger partial charge on any atom is 0.220 e. The van der Waals surface area contributed by atoms with Crippen LogP contribution in [0.25, 0.3) is 0 Å². The van der Waals surface area contributed by atoms with Gasteiger partial charge in [0.15, 0.2) is 18.9 Å². The van der Waals surface area contributed by atoms with Crippen LogP contribution in [0.4, 0.5) is 0 Å². The molecule has 12 N–H and O–H groups in total. The van der Waals surface area contributed by atoms with Crippen molar-refractivity contribution in [2.45, 2.75) is 413 Å². The Morgan fingerprint density at radius 3 is 1.06 bits per heavy atom. The highest BCUT2D eigenvalue weighted by atomic mass is 16.8. The highest BCUT2D eigenvalue weighted by Gasteiger charge is 2.53. The molecule has 0 saturated carbocycles. The van der Waals surface area contributed by atoms with Crippen molar-refractivity contribution in [3.05, 3.63) is 48.6 Å². The highest BCUT2D eigenvalue weighted by Crippen LogP contribution is 2.33. The molecule has 0 bridgehead atoms. The molecular formula is C78H143NO18. The number of amides is 1. The quantitative estimate of drug-likeness (QED) is 0.0199. The molecule has 0 aromatic heterocycles. The lowest BCUT2D eigenvalue weighted by Gasteiger charge is -2.48. The topological polar surface area (TPSA) is 307 Å². The molecule has 3 aliphatic rings. The Morgan fingerprint density at radius 2 is 0.680 bits per heavy atom. The molecule has 19 heteroatoms. The van der Waals surface area contributed by atoms with Gasteiger partial charge in [0.25, 0.3) is 0 Å². The van der Waals surface area contributed by atoms with Gasteiger partial charge in [-0.15, -0.1) is 0 Å². The second-order valence-corrected chi connectivity index (χ2v) is 28.2. The molecule has 3 saturated heterocycles. The highest BCUT2D eigenvalue weighted by molar-refractivity contribution is 5.76. The van der Waals surface area contributed by atoms with Crippen LogP contribution in [-0.4, -0.2) is 193 Å². The van der Waals surface area contributed by atoms with Gasteiger partial charge in [0, 0.05) is 6.42 Å². The van der Waals surface area contributed by atoms with Crippen LogP contribution in [0.1, 0.15) is 309 Å². The van der Waals surface area contributed by atoms with E-state index in [1.807, 2.05) is 6.08 Å². The smallest absolute Gasteiger partial charge is 0.220 e. The minimum atomic E-state index is -1.98. The Labute approximate surface area is 586 Å². The van der Waals surface area contributed by atoms with E-state index in [0.717, 1.165) is 57.8 Å². The number of unbranched alkanes of at least 4 members (excludes halogenated alkanes) is 40. The number of carbonyl (C=O) groups excluding carboxylic acids is 1. The molecule has 97 heavy (non-hydrogen) atoms. The van der Waals surface area contributed by atoms with Gasteiger partial charge in [-0.1, -0.05) is 294 Å². The minimum Gasteiger partial charge on any atom is -0.394 e. The first-order valence-corrected chi connectivity index (χ1v) is 39.4. The van der Waals surface area contributed by atoms with Gasteiger partial charge in [0.2, 0.25) is 5.91 Å². The number of ether oxygens (including phenoxy) is 6. The predicted octanol–water partition coefficient (Wildman–Crippen LogP) is 12.5. The van der Waals surface area contributed by atoms with E-state index in [2.05, 4.69) is 55.6 Å². The summed E-state index contributed by atoms with van der Waals surface area (Å²) in [7, 11) is 0. The van der Waals surface area contributed by atoms with E-state index < -0.39 is 124 Å². The summed E-state index contributed by atoms with van der Waals surface area (Å²) in [5, 5.41) is 121. The van der Waals surface area contributed by atoms with Crippen molar-refractivity contribution in [1.82, 2.24) is 5.32 Å². The van der Waals surface area contributed by atoms with E-state index in [1.165, 1.54) is 225 Å². The third-order valence-electron chi connectivity index (χ3n) is 19.6. The van der Waals surface area contributed by atoms with Crippen LogP contribution in [0, 0.1) is 0 Å². The second kappa shape index (κ2) is 59.2. The number of hydrogen-bond acceptors (Lipinski definition) is 18. The van der Waals surface area contributed by atoms with Crippen LogP contribution < -0.4 is 5.32 Å². The molecule has 3 fully saturated rings. The fourth-order valence-electron chi connectivity index (χ4n) is 13.3. The Balaban J connectivity index is 1.39. The fraction of sp³-hybridized carbons (Fsp3) is 0.885. The fourth-order valence-corrected chi connectivity index (χ4v) is 13.3. The first-order chi connectivity index (χ1) is 47.3. The van der Waals surface area contributed by atoms with E-state index in [-0.39, 0.29) is 18.9 Å². The van der Waals surface area contributed by atoms with E-state index in [1.54, 1.807) is 6.08 Å². The zero-order valence-corrected chi connectivity index (χ0v) is 60.6. The Kier molecular flexibility index (Phi) is 54.3. The van der Waals surface area contributed by atoms with Crippen LogP contribution in [0.3, 0.4) is 0 Å². The molecule has 0 aromatic rings. The molecule has 568 valence electrons. The summed E-state index contributed by atoms with van der Waals surface area (Å²) in [6.45, 7) is 1.76. The zero-order valence-electron chi connectivity index (χ0n) is 60.6. The first kappa shape index (κ1) is 89.0. The average Bonchev–Trinajstić information content (AvgIpc) is 0.789. The van der Waals surface area contributed by atoms with Gasteiger partial charge >= 0.3 is 0 Å². The van der Waals surface area contributed by atoms with Gasteiger partial charge in [-0.3, -0.25) is 4.79 Å². The Bertz CT molecular complexity index is 1940. The number of carbonyl (C=O) groups is 1. The van der Waals surface area contributed by atoms with Gasteiger partial charge in [-0.2, -0.15) is 0 Å². The maximum absolute atomic E-state index is 13.5. The Morgan fingerprint density at radius 1 is 0.371 bits per heavy atom. The summed E-state index contributed by atoms with van der Waals surface area (Å²) < 4.78 is 34.4. The summed E-state index contributed by atoms with van der Waals surface area (Å²) in [4.78, 5) is 13.5. The van der Waals surface area contributed by atoms with Gasteiger partial charge in [-0.05, 0) is 57.8 Å². The van der Waals surface area contributed by atoms with Crippen molar-refractivity contribution in [3.63, 3.8) is 0 Å². The molecule has 0 aromatic carbocycles. The third-order valence-corrected chi connectivity index (χ3v) is 19.6. The first-order valence-electron chi connectivity index (χ1n) is 39.4. The van der Waals surface area contributed by atoms with Crippen molar-refractivity contribution in [1.29, 1.82) is 0 Å². The molecule has 19 nitrogen and oxygen atoms in total. The van der Waals surface area contributed by atoms with Crippen molar-refractivity contribution in [2.24, 2.45) is 0 Å². The molecule has 3 rings (SSSR count). The van der Waals surface area contributed by atoms with Gasteiger partial charge in [0.05, 0.1) is 38.6 Å². The van der Waals surface area contributed by atoms with E-state index in [4.69, 9.17) is 28.4 Å². The van der Waals surface area contributed by atoms with Crippen LogP contribution >= 0.6 is 0 Å². The standard InChI is InChI=1S/C78H143NO18/c1-3-5-7-9-11-13-15-17-19-21-23-25-27-28-29-30-31-32-34-36-38-40-42-44-46-48-50-52-54-56-66(84)79-61(62(83)55-53-51-49-47-45-43-41-39-37-35-33-26-24-22-20-18-16-14-12-10-8-6-4-2)60-92-76-72(90)69(87)74(64(58-81)94-76)97-78-73(91)70(88)75(65(59-82)95-78)96-77-71(89)68(86)67(85)63(57-80)93-77/h15,17,21,23,27-28,53,55,61-65,67-78,80-83,85-91H,3-14,16,18-20,22,24-26,29-52,54,56-60H2,1-2H3,(H,79,84)/b17-15-,23-21-,28-27-,55-53+. The number of nitrogens with one attached hydrogen (secondary N) is 1. The summed E-state index contributed by atoms with van der Waals surface area (Å²) in [6.07, 6.45) is 46.6. The lowest BCUT2D eigenvalue weighted by atomic mass is 9.96. The molecule has 3 aliphatic heterocycles. The zero-order chi connectivity index (χ0) is 70.4. The molecule has 0 radical (unpaired) electrons. The normalized spacial score (nSPS) is 27.1. The van der Waals surface area contributed by atoms with E-state index >= 15 is 0 Å². The molecule has 17 unspecified atom stereocenters. The van der Waals surface area contributed by atoms with Gasteiger partial charge in [0.1, 0.15) is 73.2 Å². The number of allylic oxidation sites excluding steroid dienone is 7. The second-order valence-electron chi connectivity index (χ2n) is 28.2. The summed E-state index contributed by atoms with van der Waals surface area (Å²) in [6, 6.07) is -0.976. The SMILES string of the molecule is CCCCCCC/C=C\C/C=C\C/C=C\CCCCCCCCCCCCCCCCC(=O)NC(COC1OC(CO)C(OC2OC(CO)C(OC3OC(CO)C(O)C(O)C3O)C(O)C2O)C(O)C1O)C(O)/C=C/CCCCCCCCCCCCCCCCCCCCCCC. The Hall–Kier alpha value is -2.25. The van der Waals surface area contributed by atoms with Crippen LogP contribution in [0.15, 0.2) is 48.6 Å². The van der Waals surface area contributed by atoms with E-state index in [0.29, 0.717) is 6.42 Å².